The van der Waals surface area contributed by atoms with Crippen LogP contribution in [-0.4, -0.2) is 45.8 Å². The molecule has 0 aliphatic carbocycles. The maximum atomic E-state index is 11.1. The molecule has 8 nitrogen and oxygen atoms in total. The summed E-state index contributed by atoms with van der Waals surface area (Å²) in [5, 5.41) is 21.0. The second kappa shape index (κ2) is 4.37. The Kier molecular flexibility index (Phi) is 3.04. The Morgan fingerprint density at radius 3 is 2.83 bits per heavy atom. The zero-order valence-electron chi connectivity index (χ0n) is 10.2. The fourth-order valence-corrected chi connectivity index (χ4v) is 2.02. The number of nitrogens with zero attached hydrogens (tertiary/aromatic N) is 4. The smallest absolute Gasteiger partial charge is 0.372 e. The molecule has 2 heterocycles. The van der Waals surface area contributed by atoms with E-state index in [0.29, 0.717) is 19.5 Å². The Labute approximate surface area is 103 Å². The third-order valence-electron chi connectivity index (χ3n) is 2.90. The predicted molar refractivity (Wildman–Crippen MR) is 62.7 cm³/mol. The van der Waals surface area contributed by atoms with Crippen LogP contribution in [0, 0.1) is 10.1 Å². The van der Waals surface area contributed by atoms with Crippen molar-refractivity contribution in [3.05, 3.63) is 16.4 Å². The van der Waals surface area contributed by atoms with Gasteiger partial charge in [0.15, 0.2) is 0 Å². The van der Waals surface area contributed by atoms with Crippen LogP contribution in [0.2, 0.25) is 0 Å². The Hall–Kier alpha value is -1.96. The first-order chi connectivity index (χ1) is 8.44. The van der Waals surface area contributed by atoms with Gasteiger partial charge < -0.3 is 14.7 Å². The van der Waals surface area contributed by atoms with Crippen molar-refractivity contribution in [2.24, 2.45) is 0 Å². The molecule has 2 rings (SSSR count). The molecule has 0 amide bonds. The molecule has 1 aromatic rings. The minimum Gasteiger partial charge on any atom is -0.476 e. The molecule has 1 fully saturated rings. The summed E-state index contributed by atoms with van der Waals surface area (Å²) in [4.78, 5) is 19.8. The molecule has 98 valence electrons. The summed E-state index contributed by atoms with van der Waals surface area (Å²) in [6, 6.07) is 0. The van der Waals surface area contributed by atoms with E-state index < -0.39 is 10.5 Å². The fourth-order valence-electron chi connectivity index (χ4n) is 2.02. The number of aliphatic hydroxyl groups is 1. The van der Waals surface area contributed by atoms with Gasteiger partial charge in [-0.2, -0.15) is 4.98 Å². The lowest BCUT2D eigenvalue weighted by Crippen LogP contribution is -2.30. The first kappa shape index (κ1) is 12.5. The van der Waals surface area contributed by atoms with Crippen molar-refractivity contribution < 1.29 is 14.8 Å². The zero-order valence-corrected chi connectivity index (χ0v) is 10.2. The third kappa shape index (κ3) is 2.19. The highest BCUT2D eigenvalue weighted by molar-refractivity contribution is 5.63. The molecule has 0 radical (unpaired) electrons. The van der Waals surface area contributed by atoms with Crippen molar-refractivity contribution in [3.8, 4) is 5.88 Å². The van der Waals surface area contributed by atoms with Crippen LogP contribution >= 0.6 is 0 Å². The second-order valence-corrected chi connectivity index (χ2v) is 4.48. The number of anilines is 1. The highest BCUT2D eigenvalue weighted by atomic mass is 16.6. The number of aromatic nitrogens is 2. The molecule has 0 aromatic carbocycles. The molecule has 1 N–H and O–H groups in total. The lowest BCUT2D eigenvalue weighted by molar-refractivity contribution is -0.385. The fraction of sp³-hybridized carbons (Fsp3) is 0.600. The number of hydrogen-bond acceptors (Lipinski definition) is 7. The summed E-state index contributed by atoms with van der Waals surface area (Å²) in [6.07, 6.45) is 1.75. The van der Waals surface area contributed by atoms with Crippen molar-refractivity contribution in [2.45, 2.75) is 18.9 Å². The molecule has 18 heavy (non-hydrogen) atoms. The predicted octanol–water partition coefficient (Wildman–Crippen LogP) is 0.354. The van der Waals surface area contributed by atoms with E-state index in [2.05, 4.69) is 9.97 Å². The van der Waals surface area contributed by atoms with Gasteiger partial charge in [0.2, 0.25) is 5.82 Å². The average Bonchev–Trinajstić information content (AvgIpc) is 2.68. The van der Waals surface area contributed by atoms with Crippen LogP contribution in [0.1, 0.15) is 13.3 Å². The standard InChI is InChI=1S/C10H14N4O4/c1-10(15)3-4-13(5-10)8-7(14(16)17)9(18-2)12-6-11-8/h6,15H,3-5H2,1-2H3. The van der Waals surface area contributed by atoms with Crippen LogP contribution in [0.15, 0.2) is 6.33 Å². The van der Waals surface area contributed by atoms with E-state index in [4.69, 9.17) is 4.74 Å². The van der Waals surface area contributed by atoms with Gasteiger partial charge in [-0.25, -0.2) is 4.98 Å². The summed E-state index contributed by atoms with van der Waals surface area (Å²) in [6.45, 7) is 2.50. The largest absolute Gasteiger partial charge is 0.476 e. The summed E-state index contributed by atoms with van der Waals surface area (Å²) in [7, 11) is 1.32. The number of rotatable bonds is 3. The van der Waals surface area contributed by atoms with Gasteiger partial charge in [-0.1, -0.05) is 0 Å². The summed E-state index contributed by atoms with van der Waals surface area (Å²) in [5.74, 6) is 0.112. The van der Waals surface area contributed by atoms with Crippen LogP contribution in [0.3, 0.4) is 0 Å². The van der Waals surface area contributed by atoms with Gasteiger partial charge in [-0.05, 0) is 13.3 Å². The molecule has 1 atom stereocenters. The monoisotopic (exact) mass is 254 g/mol. The third-order valence-corrected chi connectivity index (χ3v) is 2.90. The molecule has 1 aliphatic rings. The van der Waals surface area contributed by atoms with Crippen molar-refractivity contribution in [1.82, 2.24) is 9.97 Å². The molecule has 8 heteroatoms. The summed E-state index contributed by atoms with van der Waals surface area (Å²) >= 11 is 0. The van der Waals surface area contributed by atoms with E-state index in [1.165, 1.54) is 13.4 Å². The molecule has 1 aliphatic heterocycles. The highest BCUT2D eigenvalue weighted by Gasteiger charge is 2.37. The molecular formula is C10H14N4O4. The quantitative estimate of drug-likeness (QED) is 0.613. The molecule has 1 unspecified atom stereocenters. The van der Waals surface area contributed by atoms with Crippen molar-refractivity contribution in [1.29, 1.82) is 0 Å². The van der Waals surface area contributed by atoms with Crippen LogP contribution in [0.4, 0.5) is 11.5 Å². The molecule has 1 aromatic heterocycles. The van der Waals surface area contributed by atoms with Crippen LogP contribution in [0.5, 0.6) is 5.88 Å². The Morgan fingerprint density at radius 1 is 1.61 bits per heavy atom. The van der Waals surface area contributed by atoms with Gasteiger partial charge in [0.25, 0.3) is 5.88 Å². The maximum absolute atomic E-state index is 11.1. The van der Waals surface area contributed by atoms with E-state index in [9.17, 15) is 15.2 Å². The Morgan fingerprint density at radius 2 is 2.33 bits per heavy atom. The lowest BCUT2D eigenvalue weighted by Gasteiger charge is -2.19. The molecular weight excluding hydrogens is 240 g/mol. The maximum Gasteiger partial charge on any atom is 0.372 e. The molecule has 0 saturated carbocycles. The Bertz CT molecular complexity index is 477. The van der Waals surface area contributed by atoms with Gasteiger partial charge in [0.1, 0.15) is 6.33 Å². The van der Waals surface area contributed by atoms with Gasteiger partial charge in [0.05, 0.1) is 17.6 Å². The lowest BCUT2D eigenvalue weighted by atomic mass is 10.1. The first-order valence-corrected chi connectivity index (χ1v) is 5.45. The number of methoxy groups -OCH3 is 1. The van der Waals surface area contributed by atoms with E-state index in [1.54, 1.807) is 11.8 Å². The van der Waals surface area contributed by atoms with E-state index in [-0.39, 0.29) is 17.4 Å². The first-order valence-electron chi connectivity index (χ1n) is 5.45. The number of nitro groups is 1. The van der Waals surface area contributed by atoms with Crippen LogP contribution < -0.4 is 9.64 Å². The summed E-state index contributed by atoms with van der Waals surface area (Å²) in [5.41, 5.74) is -1.12. The van der Waals surface area contributed by atoms with E-state index in [0.717, 1.165) is 0 Å². The van der Waals surface area contributed by atoms with Gasteiger partial charge in [0, 0.05) is 13.1 Å². The normalized spacial score (nSPS) is 23.2. The minimum atomic E-state index is -0.855. The van der Waals surface area contributed by atoms with Gasteiger partial charge >= 0.3 is 5.69 Å². The highest BCUT2D eigenvalue weighted by Crippen LogP contribution is 2.36. The van der Waals surface area contributed by atoms with Crippen molar-refractivity contribution in [2.75, 3.05) is 25.1 Å². The van der Waals surface area contributed by atoms with Crippen molar-refractivity contribution >= 4 is 11.5 Å². The zero-order chi connectivity index (χ0) is 13.3. The van der Waals surface area contributed by atoms with Gasteiger partial charge in [-0.15, -0.1) is 0 Å². The molecule has 0 bridgehead atoms. The van der Waals surface area contributed by atoms with E-state index >= 15 is 0 Å². The molecule has 1 saturated heterocycles. The van der Waals surface area contributed by atoms with Crippen molar-refractivity contribution in [3.63, 3.8) is 0 Å². The van der Waals surface area contributed by atoms with Gasteiger partial charge in [-0.3, -0.25) is 10.1 Å². The Balaban J connectivity index is 2.42. The minimum absolute atomic E-state index is 0.0726. The average molecular weight is 254 g/mol. The summed E-state index contributed by atoms with van der Waals surface area (Å²) < 4.78 is 4.88. The number of β-amino-alcohol motifs (C(OH)–C–C–N with tert-alkyl or cyclic N) is 1. The molecule has 0 spiro atoms. The number of hydrogen-bond donors (Lipinski definition) is 1. The van der Waals surface area contributed by atoms with Crippen LogP contribution in [-0.2, 0) is 0 Å². The topological polar surface area (TPSA) is 102 Å². The second-order valence-electron chi connectivity index (χ2n) is 4.48. The van der Waals surface area contributed by atoms with Crippen LogP contribution in [0.25, 0.3) is 0 Å². The number of ether oxygens (including phenoxy) is 1. The van der Waals surface area contributed by atoms with E-state index in [1.807, 2.05) is 0 Å². The SMILES string of the molecule is COc1ncnc(N2CCC(C)(O)C2)c1[N+](=O)[O-].